The van der Waals surface area contributed by atoms with Gasteiger partial charge in [-0.05, 0) is 117 Å². The van der Waals surface area contributed by atoms with Crippen molar-refractivity contribution in [3.63, 3.8) is 0 Å². The van der Waals surface area contributed by atoms with Gasteiger partial charge in [-0.1, -0.05) is 19.1 Å². The highest BCUT2D eigenvalue weighted by molar-refractivity contribution is 7.80. The maximum Gasteiger partial charge on any atom is 0.220 e. The molecule has 0 spiro atoms. The summed E-state index contributed by atoms with van der Waals surface area (Å²) in [5, 5.41) is 4.11. The Morgan fingerprint density at radius 3 is 2.47 bits per heavy atom. The van der Waals surface area contributed by atoms with Crippen LogP contribution in [0.2, 0.25) is 0 Å². The monoisotopic (exact) mass is 578 g/mol. The molecule has 38 heavy (non-hydrogen) atoms. The topological polar surface area (TPSA) is 41.6 Å². The number of alkyl halides is 2. The number of piperidine rings is 1. The van der Waals surface area contributed by atoms with Crippen LogP contribution in [-0.2, 0) is 16.0 Å². The summed E-state index contributed by atoms with van der Waals surface area (Å²) in [4.78, 5) is 14.4. The van der Waals surface area contributed by atoms with Gasteiger partial charge in [-0.3, -0.25) is 4.79 Å². The van der Waals surface area contributed by atoms with Gasteiger partial charge < -0.3 is 15.0 Å². The molecule has 5 rings (SSSR count). The number of thiocarbonyl (C=S) groups is 1. The number of hydrogen-bond acceptors (Lipinski definition) is 4. The number of nitrogens with one attached hydrogen (secondary N) is 1. The standard InChI is InChI=1S/C31H44Cl2N2O2S/c1-30-13-11-24(37-29(38)19-21-3-6-23(7-4-21)35(17-15-32)18-16-33)20-22(30)5-8-25-26(30)12-14-31(2)27(25)9-10-28(36)34-31/h3-4,6-7,22,24-27H,5,8-20H2,1-2H3,(H,34,36)/t22-,24-,25+,26-,27-,30-,31-/m0/s1. The minimum atomic E-state index is 0.0108. The summed E-state index contributed by atoms with van der Waals surface area (Å²) in [6, 6.07) is 8.55. The van der Waals surface area contributed by atoms with Crippen LogP contribution in [0.3, 0.4) is 0 Å². The molecule has 0 unspecified atom stereocenters. The van der Waals surface area contributed by atoms with E-state index in [0.29, 0.717) is 46.9 Å². The van der Waals surface area contributed by atoms with Crippen molar-refractivity contribution in [2.24, 2.45) is 29.1 Å². The third kappa shape index (κ3) is 5.72. The van der Waals surface area contributed by atoms with Crippen LogP contribution in [0.15, 0.2) is 24.3 Å². The van der Waals surface area contributed by atoms with E-state index in [1.165, 1.54) is 31.2 Å². The van der Waals surface area contributed by atoms with E-state index < -0.39 is 0 Å². The van der Waals surface area contributed by atoms with Crippen molar-refractivity contribution in [2.75, 3.05) is 29.7 Å². The van der Waals surface area contributed by atoms with E-state index in [2.05, 4.69) is 48.3 Å². The van der Waals surface area contributed by atoms with Gasteiger partial charge >= 0.3 is 0 Å². The summed E-state index contributed by atoms with van der Waals surface area (Å²) in [5.74, 6) is 4.30. The number of carbonyl (C=O) groups excluding carboxylic acids is 1. The fourth-order valence-electron chi connectivity index (χ4n) is 8.79. The second-order valence-corrected chi connectivity index (χ2v) is 14.0. The van der Waals surface area contributed by atoms with E-state index in [0.717, 1.165) is 56.3 Å². The van der Waals surface area contributed by atoms with Gasteiger partial charge in [0.15, 0.2) is 5.05 Å². The molecule has 4 fully saturated rings. The van der Waals surface area contributed by atoms with Crippen molar-refractivity contribution in [1.82, 2.24) is 5.32 Å². The zero-order chi connectivity index (χ0) is 26.9. The molecule has 1 amide bonds. The largest absolute Gasteiger partial charge is 0.484 e. The van der Waals surface area contributed by atoms with Crippen LogP contribution in [0.25, 0.3) is 0 Å². The summed E-state index contributed by atoms with van der Waals surface area (Å²) in [5.41, 5.74) is 2.72. The highest BCUT2D eigenvalue weighted by Gasteiger charge is 2.58. The van der Waals surface area contributed by atoms with Crippen molar-refractivity contribution in [1.29, 1.82) is 0 Å². The lowest BCUT2D eigenvalue weighted by molar-refractivity contribution is -0.141. The second-order valence-electron chi connectivity index (χ2n) is 12.8. The SMILES string of the molecule is C[C@]12CC[C@H](OC(=S)Cc3ccc(N(CCCl)CCCl)cc3)C[C@@H]1CC[C@@H]1[C@@H]2CC[C@]2(C)NC(=O)CC[C@@H]12. The van der Waals surface area contributed by atoms with Gasteiger partial charge in [0.2, 0.25) is 5.91 Å². The molecule has 1 heterocycles. The Hall–Kier alpha value is -1.04. The molecule has 3 aliphatic carbocycles. The molecule has 4 nitrogen and oxygen atoms in total. The van der Waals surface area contributed by atoms with E-state index in [9.17, 15) is 4.79 Å². The molecule has 4 aliphatic rings. The molecule has 0 radical (unpaired) electrons. The first-order valence-electron chi connectivity index (χ1n) is 14.7. The highest BCUT2D eigenvalue weighted by Crippen LogP contribution is 2.62. The number of ether oxygens (including phenoxy) is 1. The molecule has 1 N–H and O–H groups in total. The Kier molecular flexibility index (Phi) is 8.87. The van der Waals surface area contributed by atoms with Crippen molar-refractivity contribution in [3.8, 4) is 0 Å². The molecule has 1 aromatic carbocycles. The Bertz CT molecular complexity index is 1000. The third-order valence-corrected chi connectivity index (χ3v) is 11.4. The minimum absolute atomic E-state index is 0.0108. The van der Waals surface area contributed by atoms with Crippen molar-refractivity contribution in [2.45, 2.75) is 89.7 Å². The molecule has 1 aliphatic heterocycles. The molecule has 1 aromatic rings. The first-order valence-corrected chi connectivity index (χ1v) is 16.2. The van der Waals surface area contributed by atoms with Gasteiger partial charge in [-0.25, -0.2) is 0 Å². The van der Waals surface area contributed by atoms with Crippen LogP contribution < -0.4 is 10.2 Å². The molecular weight excluding hydrogens is 535 g/mol. The zero-order valence-electron chi connectivity index (χ0n) is 23.0. The fourth-order valence-corrected chi connectivity index (χ4v) is 9.50. The van der Waals surface area contributed by atoms with E-state index in [4.69, 9.17) is 40.2 Å². The first-order chi connectivity index (χ1) is 18.3. The van der Waals surface area contributed by atoms with Crippen LogP contribution in [0.1, 0.15) is 77.2 Å². The molecule has 3 saturated carbocycles. The number of rotatable bonds is 8. The lowest BCUT2D eigenvalue weighted by Crippen LogP contribution is -2.63. The first kappa shape index (κ1) is 28.5. The lowest BCUT2D eigenvalue weighted by atomic mass is 9.45. The van der Waals surface area contributed by atoms with Crippen molar-refractivity contribution in [3.05, 3.63) is 29.8 Å². The predicted molar refractivity (Wildman–Crippen MR) is 161 cm³/mol. The fraction of sp³-hybridized carbons (Fsp3) is 0.742. The van der Waals surface area contributed by atoms with E-state index in [-0.39, 0.29) is 17.6 Å². The molecular formula is C31H44Cl2N2O2S. The number of benzene rings is 1. The Balaban J connectivity index is 1.16. The number of fused-ring (bicyclic) bond motifs is 5. The Labute approximate surface area is 244 Å². The van der Waals surface area contributed by atoms with Crippen LogP contribution in [0, 0.1) is 29.1 Å². The second kappa shape index (κ2) is 11.8. The number of hydrogen-bond donors (Lipinski definition) is 1. The lowest BCUT2D eigenvalue weighted by Gasteiger charge is -2.62. The smallest absolute Gasteiger partial charge is 0.220 e. The molecule has 7 heteroatoms. The van der Waals surface area contributed by atoms with Gasteiger partial charge in [-0.2, -0.15) is 0 Å². The van der Waals surface area contributed by atoms with Crippen molar-refractivity contribution < 1.29 is 9.53 Å². The van der Waals surface area contributed by atoms with Crippen LogP contribution in [0.5, 0.6) is 0 Å². The van der Waals surface area contributed by atoms with Crippen LogP contribution in [0.4, 0.5) is 5.69 Å². The summed E-state index contributed by atoms with van der Waals surface area (Å²) in [6.45, 7) is 6.46. The average Bonchev–Trinajstić information content (AvgIpc) is 2.88. The van der Waals surface area contributed by atoms with Crippen molar-refractivity contribution >= 4 is 52.1 Å². The van der Waals surface area contributed by atoms with Gasteiger partial charge in [-0.15, -0.1) is 23.2 Å². The maximum absolute atomic E-state index is 12.2. The molecule has 7 atom stereocenters. The Morgan fingerprint density at radius 2 is 1.76 bits per heavy atom. The number of anilines is 1. The normalized spacial score (nSPS) is 36.3. The van der Waals surface area contributed by atoms with E-state index >= 15 is 0 Å². The number of carbonyl (C=O) groups is 1. The van der Waals surface area contributed by atoms with Gasteiger partial charge in [0.05, 0.1) is 6.10 Å². The molecule has 1 saturated heterocycles. The summed E-state index contributed by atoms with van der Waals surface area (Å²) in [6.07, 6.45) is 11.1. The van der Waals surface area contributed by atoms with Crippen LogP contribution in [-0.4, -0.2) is 47.5 Å². The molecule has 210 valence electrons. The van der Waals surface area contributed by atoms with Crippen LogP contribution >= 0.6 is 35.4 Å². The number of halogens is 2. The van der Waals surface area contributed by atoms with E-state index in [1.807, 2.05) is 0 Å². The highest BCUT2D eigenvalue weighted by atomic mass is 35.5. The van der Waals surface area contributed by atoms with Gasteiger partial charge in [0.25, 0.3) is 0 Å². The van der Waals surface area contributed by atoms with Gasteiger partial charge in [0.1, 0.15) is 0 Å². The summed E-state index contributed by atoms with van der Waals surface area (Å²) >= 11 is 17.7. The third-order valence-electron chi connectivity index (χ3n) is 10.8. The Morgan fingerprint density at radius 1 is 1.03 bits per heavy atom. The average molecular weight is 580 g/mol. The number of nitrogens with zero attached hydrogens (tertiary/aromatic N) is 1. The summed E-state index contributed by atoms with van der Waals surface area (Å²) < 4.78 is 6.43. The van der Waals surface area contributed by atoms with E-state index in [1.54, 1.807) is 0 Å². The predicted octanol–water partition coefficient (Wildman–Crippen LogP) is 7.14. The molecule has 0 bridgehead atoms. The maximum atomic E-state index is 12.2. The molecule has 0 aromatic heterocycles. The zero-order valence-corrected chi connectivity index (χ0v) is 25.4. The summed E-state index contributed by atoms with van der Waals surface area (Å²) in [7, 11) is 0. The minimum Gasteiger partial charge on any atom is -0.484 e. The quantitative estimate of drug-likeness (QED) is 0.263. The van der Waals surface area contributed by atoms with Gasteiger partial charge in [0, 0.05) is 48.9 Å². The number of amides is 1.